The zero-order valence-corrected chi connectivity index (χ0v) is 12.2. The molecule has 19 heavy (non-hydrogen) atoms. The Morgan fingerprint density at radius 3 is 2.68 bits per heavy atom. The minimum Gasteiger partial charge on any atom is -0.363 e. The monoisotopic (exact) mass is 282 g/mol. The van der Waals surface area contributed by atoms with Gasteiger partial charge in [0.1, 0.15) is 10.7 Å². The van der Waals surface area contributed by atoms with Crippen molar-refractivity contribution >= 4 is 23.0 Å². The molecular formula is C14H19ClN2O2. The normalized spacial score (nSPS) is 27.4. The Balaban J connectivity index is 2.46. The largest absolute Gasteiger partial charge is 0.363 e. The number of piperidine rings is 1. The van der Waals surface area contributed by atoms with Crippen LogP contribution in [-0.2, 0) is 0 Å². The molecule has 1 aliphatic heterocycles. The van der Waals surface area contributed by atoms with E-state index in [0.29, 0.717) is 17.5 Å². The molecule has 0 aromatic heterocycles. The lowest BCUT2D eigenvalue weighted by molar-refractivity contribution is -0.384. The molecule has 3 atom stereocenters. The van der Waals surface area contributed by atoms with Crippen LogP contribution in [0.2, 0.25) is 5.02 Å². The number of hydrogen-bond acceptors (Lipinski definition) is 3. The molecule has 0 radical (unpaired) electrons. The summed E-state index contributed by atoms with van der Waals surface area (Å²) in [5, 5.41) is 11.5. The van der Waals surface area contributed by atoms with Crippen LogP contribution in [0.5, 0.6) is 0 Å². The van der Waals surface area contributed by atoms with Crippen LogP contribution in [0.4, 0.5) is 11.4 Å². The van der Waals surface area contributed by atoms with Gasteiger partial charge in [0.15, 0.2) is 0 Å². The van der Waals surface area contributed by atoms with E-state index < -0.39 is 0 Å². The average Bonchev–Trinajstić information content (AvgIpc) is 2.33. The molecule has 0 N–H and O–H groups in total. The predicted octanol–water partition coefficient (Wildman–Crippen LogP) is 4.12. The van der Waals surface area contributed by atoms with Crippen molar-refractivity contribution in [3.63, 3.8) is 0 Å². The van der Waals surface area contributed by atoms with Crippen molar-refractivity contribution in [3.8, 4) is 0 Å². The highest BCUT2D eigenvalue weighted by Crippen LogP contribution is 2.39. The zero-order valence-electron chi connectivity index (χ0n) is 11.5. The Morgan fingerprint density at radius 1 is 1.37 bits per heavy atom. The maximum Gasteiger partial charge on any atom is 0.310 e. The third kappa shape index (κ3) is 2.68. The van der Waals surface area contributed by atoms with Crippen LogP contribution in [0.3, 0.4) is 0 Å². The van der Waals surface area contributed by atoms with Gasteiger partial charge < -0.3 is 4.90 Å². The second-order valence-corrected chi connectivity index (χ2v) is 5.98. The second kappa shape index (κ2) is 5.37. The summed E-state index contributed by atoms with van der Waals surface area (Å²) in [6.07, 6.45) is 1.16. The first-order valence-corrected chi connectivity index (χ1v) is 6.99. The maximum absolute atomic E-state index is 11.2. The van der Waals surface area contributed by atoms with E-state index in [1.165, 1.54) is 0 Å². The number of nitro benzene ring substituents is 1. The predicted molar refractivity (Wildman–Crippen MR) is 77.9 cm³/mol. The van der Waals surface area contributed by atoms with Crippen LogP contribution in [-0.4, -0.2) is 17.5 Å². The van der Waals surface area contributed by atoms with E-state index in [-0.39, 0.29) is 21.7 Å². The maximum atomic E-state index is 11.2. The third-order valence-electron chi connectivity index (χ3n) is 4.06. The molecule has 104 valence electrons. The lowest BCUT2D eigenvalue weighted by atomic mass is 9.85. The Labute approximate surface area is 118 Å². The molecule has 0 amide bonds. The summed E-state index contributed by atoms with van der Waals surface area (Å²) in [5.74, 6) is 1.05. The third-order valence-corrected chi connectivity index (χ3v) is 4.36. The first kappa shape index (κ1) is 14.1. The Morgan fingerprint density at radius 2 is 2.05 bits per heavy atom. The molecule has 1 aromatic carbocycles. The standard InChI is InChI=1S/C14H19ClN2O2/c1-9-7-10(2)11(3)16(8-9)13-6-4-5-12(15)14(13)17(18)19/h4-6,9-11H,7-8H2,1-3H3. The van der Waals surface area contributed by atoms with Crippen molar-refractivity contribution in [1.29, 1.82) is 0 Å². The molecule has 1 saturated heterocycles. The summed E-state index contributed by atoms with van der Waals surface area (Å²) >= 11 is 6.00. The van der Waals surface area contributed by atoms with Crippen molar-refractivity contribution in [1.82, 2.24) is 0 Å². The Hall–Kier alpha value is -1.29. The summed E-state index contributed by atoms with van der Waals surface area (Å²) < 4.78 is 0. The van der Waals surface area contributed by atoms with Crippen LogP contribution in [0.1, 0.15) is 27.2 Å². The first-order valence-electron chi connectivity index (χ1n) is 6.61. The number of rotatable bonds is 2. The molecule has 4 nitrogen and oxygen atoms in total. The summed E-state index contributed by atoms with van der Waals surface area (Å²) in [7, 11) is 0. The van der Waals surface area contributed by atoms with Crippen LogP contribution in [0.15, 0.2) is 18.2 Å². The molecule has 1 heterocycles. The van der Waals surface area contributed by atoms with Gasteiger partial charge in [-0.2, -0.15) is 0 Å². The molecule has 5 heteroatoms. The van der Waals surface area contributed by atoms with Crippen LogP contribution < -0.4 is 4.90 Å². The molecule has 0 aliphatic carbocycles. The molecule has 1 fully saturated rings. The molecule has 0 bridgehead atoms. The number of anilines is 1. The van der Waals surface area contributed by atoms with Gasteiger partial charge in [0, 0.05) is 12.6 Å². The average molecular weight is 283 g/mol. The molecule has 2 rings (SSSR count). The fourth-order valence-electron chi connectivity index (χ4n) is 2.95. The SMILES string of the molecule is CC1CC(C)C(C)N(c2cccc(Cl)c2[N+](=O)[O-])C1. The lowest BCUT2D eigenvalue weighted by Gasteiger charge is -2.42. The van der Waals surface area contributed by atoms with Crippen LogP contribution in [0, 0.1) is 22.0 Å². The highest BCUT2D eigenvalue weighted by atomic mass is 35.5. The summed E-state index contributed by atoms with van der Waals surface area (Å²) in [4.78, 5) is 13.0. The number of benzene rings is 1. The minimum atomic E-state index is -0.381. The van der Waals surface area contributed by atoms with Crippen molar-refractivity contribution in [3.05, 3.63) is 33.3 Å². The van der Waals surface area contributed by atoms with E-state index in [1.54, 1.807) is 18.2 Å². The Kier molecular flexibility index (Phi) is 3.99. The lowest BCUT2D eigenvalue weighted by Crippen LogP contribution is -2.46. The fourth-order valence-corrected chi connectivity index (χ4v) is 3.19. The molecule has 0 spiro atoms. The molecule has 1 aromatic rings. The van der Waals surface area contributed by atoms with Gasteiger partial charge in [-0.25, -0.2) is 0 Å². The number of nitro groups is 1. The number of halogens is 1. The van der Waals surface area contributed by atoms with Crippen LogP contribution >= 0.6 is 11.6 Å². The molecule has 3 unspecified atom stereocenters. The smallest absolute Gasteiger partial charge is 0.310 e. The minimum absolute atomic E-state index is 0.0253. The summed E-state index contributed by atoms with van der Waals surface area (Å²) in [6.45, 7) is 7.35. The van der Waals surface area contributed by atoms with E-state index in [9.17, 15) is 10.1 Å². The van der Waals surface area contributed by atoms with Gasteiger partial charge in [-0.3, -0.25) is 10.1 Å². The van der Waals surface area contributed by atoms with Gasteiger partial charge in [0.05, 0.1) is 4.92 Å². The Bertz CT molecular complexity index is 492. The quantitative estimate of drug-likeness (QED) is 0.605. The highest BCUT2D eigenvalue weighted by Gasteiger charge is 2.33. The van der Waals surface area contributed by atoms with E-state index >= 15 is 0 Å². The molecule has 1 aliphatic rings. The van der Waals surface area contributed by atoms with Gasteiger partial charge >= 0.3 is 5.69 Å². The topological polar surface area (TPSA) is 46.4 Å². The van der Waals surface area contributed by atoms with Crippen molar-refractivity contribution in [2.75, 3.05) is 11.4 Å². The van der Waals surface area contributed by atoms with Gasteiger partial charge in [0.2, 0.25) is 0 Å². The van der Waals surface area contributed by atoms with E-state index in [2.05, 4.69) is 25.7 Å². The number of para-hydroxylation sites is 1. The van der Waals surface area contributed by atoms with Crippen molar-refractivity contribution < 1.29 is 4.92 Å². The van der Waals surface area contributed by atoms with Crippen molar-refractivity contribution in [2.24, 2.45) is 11.8 Å². The molecular weight excluding hydrogens is 264 g/mol. The number of hydrogen-bond donors (Lipinski definition) is 0. The summed E-state index contributed by atoms with van der Waals surface area (Å²) in [5.41, 5.74) is 0.667. The zero-order chi connectivity index (χ0) is 14.2. The van der Waals surface area contributed by atoms with Gasteiger partial charge in [0.25, 0.3) is 0 Å². The van der Waals surface area contributed by atoms with E-state index in [1.807, 2.05) is 0 Å². The van der Waals surface area contributed by atoms with E-state index in [0.717, 1.165) is 13.0 Å². The summed E-state index contributed by atoms with van der Waals surface area (Å²) in [6, 6.07) is 5.44. The molecule has 0 saturated carbocycles. The van der Waals surface area contributed by atoms with E-state index in [4.69, 9.17) is 11.6 Å². The first-order chi connectivity index (χ1) is 8.91. The van der Waals surface area contributed by atoms with Gasteiger partial charge in [-0.1, -0.05) is 31.5 Å². The fraction of sp³-hybridized carbons (Fsp3) is 0.571. The highest BCUT2D eigenvalue weighted by molar-refractivity contribution is 6.33. The van der Waals surface area contributed by atoms with Crippen LogP contribution in [0.25, 0.3) is 0 Å². The van der Waals surface area contributed by atoms with Gasteiger partial charge in [-0.15, -0.1) is 0 Å². The van der Waals surface area contributed by atoms with Crippen molar-refractivity contribution in [2.45, 2.75) is 33.2 Å². The number of nitrogens with zero attached hydrogens (tertiary/aromatic N) is 2. The van der Waals surface area contributed by atoms with Gasteiger partial charge in [-0.05, 0) is 37.3 Å². The second-order valence-electron chi connectivity index (χ2n) is 5.58.